The highest BCUT2D eigenvalue weighted by Crippen LogP contribution is 2.18. The van der Waals surface area contributed by atoms with Crippen molar-refractivity contribution in [1.29, 1.82) is 0 Å². The third-order valence-electron chi connectivity index (χ3n) is 3.48. The van der Waals surface area contributed by atoms with E-state index in [0.717, 1.165) is 5.56 Å². The number of imidazole rings is 1. The van der Waals surface area contributed by atoms with Crippen LogP contribution < -0.4 is 11.4 Å². The first-order valence-electron chi connectivity index (χ1n) is 6.80. The van der Waals surface area contributed by atoms with E-state index in [0.29, 0.717) is 6.42 Å². The van der Waals surface area contributed by atoms with Crippen LogP contribution >= 0.6 is 0 Å². The Labute approximate surface area is 125 Å². The number of fused-ring (bicyclic) bond motifs is 1. The van der Waals surface area contributed by atoms with Crippen LogP contribution in [0.15, 0.2) is 41.5 Å². The molecule has 0 bridgehead atoms. The largest absolute Gasteiger partial charge is 0.364 e. The Morgan fingerprint density at radius 2 is 2.05 bits per heavy atom. The summed E-state index contributed by atoms with van der Waals surface area (Å²) in [5, 5.41) is 7.88. The molecule has 0 unspecified atom stereocenters. The summed E-state index contributed by atoms with van der Waals surface area (Å²) in [6, 6.07) is 9.31. The maximum Gasteiger partial charge on any atom is 0.353 e. The maximum absolute atomic E-state index is 12.6. The van der Waals surface area contributed by atoms with Crippen molar-refractivity contribution in [2.75, 3.05) is 0 Å². The molecular formula is C14H14N6O2. The first-order chi connectivity index (χ1) is 10.6. The molecule has 1 amide bonds. The minimum atomic E-state index is -0.746. The van der Waals surface area contributed by atoms with Gasteiger partial charge in [0.15, 0.2) is 11.3 Å². The van der Waals surface area contributed by atoms with Crippen molar-refractivity contribution in [1.82, 2.24) is 24.4 Å². The monoisotopic (exact) mass is 298 g/mol. The van der Waals surface area contributed by atoms with Crippen molar-refractivity contribution in [3.05, 3.63) is 58.4 Å². The molecular weight excluding hydrogens is 284 g/mol. The first-order valence-corrected chi connectivity index (χ1v) is 6.80. The van der Waals surface area contributed by atoms with Crippen LogP contribution in [-0.4, -0.2) is 30.3 Å². The quantitative estimate of drug-likeness (QED) is 0.749. The molecule has 2 N–H and O–H groups in total. The molecule has 0 fully saturated rings. The second-order valence-electron chi connectivity index (χ2n) is 4.80. The van der Waals surface area contributed by atoms with Gasteiger partial charge in [-0.1, -0.05) is 42.5 Å². The zero-order valence-electron chi connectivity index (χ0n) is 11.9. The molecule has 0 aliphatic rings. The highest BCUT2D eigenvalue weighted by molar-refractivity contribution is 5.96. The zero-order valence-corrected chi connectivity index (χ0v) is 11.9. The van der Waals surface area contributed by atoms with Crippen LogP contribution in [0.4, 0.5) is 0 Å². The van der Waals surface area contributed by atoms with Gasteiger partial charge >= 0.3 is 5.69 Å². The number of carbonyl (C=O) groups excluding carboxylic acids is 1. The summed E-state index contributed by atoms with van der Waals surface area (Å²) in [6.07, 6.45) is 1.90. The van der Waals surface area contributed by atoms with Gasteiger partial charge in [-0.2, -0.15) is 4.68 Å². The minimum absolute atomic E-state index is 0.0653. The molecule has 112 valence electrons. The van der Waals surface area contributed by atoms with Gasteiger partial charge in [0.25, 0.3) is 5.91 Å². The van der Waals surface area contributed by atoms with Crippen molar-refractivity contribution in [2.45, 2.75) is 19.4 Å². The lowest BCUT2D eigenvalue weighted by atomic mass is 10.1. The second-order valence-corrected chi connectivity index (χ2v) is 4.80. The number of benzene rings is 1. The molecule has 3 rings (SSSR count). The van der Waals surface area contributed by atoms with Gasteiger partial charge in [0, 0.05) is 0 Å². The van der Waals surface area contributed by atoms with E-state index in [9.17, 15) is 9.59 Å². The summed E-state index contributed by atoms with van der Waals surface area (Å²) in [7, 11) is 0. The number of rotatable bonds is 4. The third-order valence-corrected chi connectivity index (χ3v) is 3.48. The van der Waals surface area contributed by atoms with Crippen molar-refractivity contribution in [2.24, 2.45) is 5.73 Å². The van der Waals surface area contributed by atoms with Gasteiger partial charge in [-0.05, 0) is 12.0 Å². The number of amides is 1. The fraction of sp³-hybridized carbons (Fsp3) is 0.214. The molecule has 2 heterocycles. The molecule has 3 aromatic rings. The van der Waals surface area contributed by atoms with Crippen LogP contribution in [0, 0.1) is 0 Å². The van der Waals surface area contributed by atoms with Crippen LogP contribution in [-0.2, 0) is 0 Å². The summed E-state index contributed by atoms with van der Waals surface area (Å²) >= 11 is 0. The maximum atomic E-state index is 12.6. The Balaban J connectivity index is 2.18. The summed E-state index contributed by atoms with van der Waals surface area (Å²) in [5.74, 6) is -0.746. The smallest absolute Gasteiger partial charge is 0.353 e. The molecule has 8 heteroatoms. The van der Waals surface area contributed by atoms with E-state index in [4.69, 9.17) is 5.73 Å². The molecule has 0 saturated heterocycles. The number of hydrogen-bond acceptors (Lipinski definition) is 5. The van der Waals surface area contributed by atoms with E-state index in [-0.39, 0.29) is 17.4 Å². The van der Waals surface area contributed by atoms with Crippen molar-refractivity contribution in [3.63, 3.8) is 0 Å². The average molecular weight is 298 g/mol. The Morgan fingerprint density at radius 1 is 1.32 bits per heavy atom. The Morgan fingerprint density at radius 3 is 2.68 bits per heavy atom. The van der Waals surface area contributed by atoms with E-state index >= 15 is 0 Å². The Hall–Kier alpha value is -3.03. The normalized spacial score (nSPS) is 12.4. The number of nitrogens with two attached hydrogens (primary N) is 1. The SMILES string of the molecule is CC[C@@H](c1ccccc1)n1nnc2c(C(N)=O)ncn2c1=O. The van der Waals surface area contributed by atoms with Crippen molar-refractivity contribution in [3.8, 4) is 0 Å². The molecule has 0 aliphatic carbocycles. The topological polar surface area (TPSA) is 108 Å². The lowest BCUT2D eigenvalue weighted by Crippen LogP contribution is -2.33. The van der Waals surface area contributed by atoms with Crippen LogP contribution in [0.5, 0.6) is 0 Å². The van der Waals surface area contributed by atoms with Gasteiger partial charge in [-0.25, -0.2) is 14.2 Å². The Kier molecular flexibility index (Phi) is 3.42. The Bertz CT molecular complexity index is 883. The molecule has 1 aromatic carbocycles. The standard InChI is InChI=1S/C14H14N6O2/c1-2-10(9-6-4-3-5-7-9)20-14(22)19-8-16-11(12(15)21)13(19)17-18-20/h3-8,10H,2H2,1H3,(H2,15,21)/t10-/m0/s1. The minimum Gasteiger partial charge on any atom is -0.364 e. The van der Waals surface area contributed by atoms with Crippen LogP contribution in [0.25, 0.3) is 5.65 Å². The molecule has 0 aliphatic heterocycles. The fourth-order valence-electron chi connectivity index (χ4n) is 2.41. The molecule has 22 heavy (non-hydrogen) atoms. The fourth-order valence-corrected chi connectivity index (χ4v) is 2.41. The average Bonchev–Trinajstić information content (AvgIpc) is 2.96. The van der Waals surface area contributed by atoms with E-state index < -0.39 is 11.6 Å². The number of nitrogens with zero attached hydrogens (tertiary/aromatic N) is 5. The van der Waals surface area contributed by atoms with Gasteiger partial charge in [0.1, 0.15) is 6.33 Å². The number of hydrogen-bond donors (Lipinski definition) is 1. The number of primary amides is 1. The molecule has 2 aromatic heterocycles. The van der Waals surface area contributed by atoms with Gasteiger partial charge in [0.2, 0.25) is 0 Å². The van der Waals surface area contributed by atoms with Gasteiger partial charge in [-0.15, -0.1) is 5.10 Å². The van der Waals surface area contributed by atoms with Gasteiger partial charge < -0.3 is 5.73 Å². The number of carbonyl (C=O) groups is 1. The summed E-state index contributed by atoms with van der Waals surface area (Å²) < 4.78 is 2.47. The van der Waals surface area contributed by atoms with Crippen LogP contribution in [0.1, 0.15) is 35.4 Å². The van der Waals surface area contributed by atoms with E-state index in [1.165, 1.54) is 15.4 Å². The summed E-state index contributed by atoms with van der Waals surface area (Å²) in [5.41, 5.74) is 5.74. The molecule has 0 saturated carbocycles. The predicted molar refractivity (Wildman–Crippen MR) is 78.4 cm³/mol. The van der Waals surface area contributed by atoms with Crippen LogP contribution in [0.2, 0.25) is 0 Å². The summed E-state index contributed by atoms with van der Waals surface area (Å²) in [6.45, 7) is 1.96. The van der Waals surface area contributed by atoms with Crippen LogP contribution in [0.3, 0.4) is 0 Å². The molecule has 0 spiro atoms. The van der Waals surface area contributed by atoms with E-state index in [1.807, 2.05) is 37.3 Å². The number of aromatic nitrogens is 5. The van der Waals surface area contributed by atoms with E-state index in [1.54, 1.807) is 0 Å². The van der Waals surface area contributed by atoms with Gasteiger partial charge in [0.05, 0.1) is 6.04 Å². The summed E-state index contributed by atoms with van der Waals surface area (Å²) in [4.78, 5) is 27.7. The molecule has 0 radical (unpaired) electrons. The van der Waals surface area contributed by atoms with Gasteiger partial charge in [-0.3, -0.25) is 4.79 Å². The van der Waals surface area contributed by atoms with Crippen molar-refractivity contribution < 1.29 is 4.79 Å². The predicted octanol–water partition coefficient (Wildman–Crippen LogP) is 0.384. The highest BCUT2D eigenvalue weighted by atomic mass is 16.2. The lowest BCUT2D eigenvalue weighted by Gasteiger charge is -2.16. The second kappa shape index (κ2) is 5.40. The van der Waals surface area contributed by atoms with E-state index in [2.05, 4.69) is 15.3 Å². The highest BCUT2D eigenvalue weighted by Gasteiger charge is 2.19. The van der Waals surface area contributed by atoms with Crippen molar-refractivity contribution >= 4 is 11.6 Å². The third kappa shape index (κ3) is 2.14. The first kappa shape index (κ1) is 13.9. The lowest BCUT2D eigenvalue weighted by molar-refractivity contribution is 0.0997. The molecule has 1 atom stereocenters. The molecule has 8 nitrogen and oxygen atoms in total. The zero-order chi connectivity index (χ0) is 15.7.